The third kappa shape index (κ3) is 8.14. The number of hydrogen-bond donors (Lipinski definition) is 3. The molecule has 45 heavy (non-hydrogen) atoms. The second-order valence-electron chi connectivity index (χ2n) is 10.7. The molecular weight excluding hydrogens is 738 g/mol. The van der Waals surface area contributed by atoms with Crippen LogP contribution in [0.4, 0.5) is 4.39 Å². The van der Waals surface area contributed by atoms with Crippen LogP contribution in [0.3, 0.4) is 0 Å². The number of rotatable bonds is 10. The second kappa shape index (κ2) is 16.7. The molecule has 246 valence electrons. The van der Waals surface area contributed by atoms with Crippen molar-refractivity contribution in [3.63, 3.8) is 0 Å². The minimum Gasteiger partial charge on any atom is -0.496 e. The van der Waals surface area contributed by atoms with Crippen LogP contribution in [0.15, 0.2) is 40.2 Å². The fourth-order valence-corrected chi connectivity index (χ4v) is 6.05. The second-order valence-corrected chi connectivity index (χ2v) is 11.7. The van der Waals surface area contributed by atoms with Crippen LogP contribution in [0.25, 0.3) is 15.2 Å². The van der Waals surface area contributed by atoms with Gasteiger partial charge in [0.2, 0.25) is 5.91 Å². The number of thiophene rings is 1. The summed E-state index contributed by atoms with van der Waals surface area (Å²) in [5, 5.41) is 20.2. The van der Waals surface area contributed by atoms with E-state index in [1.807, 2.05) is 21.2 Å². The van der Waals surface area contributed by atoms with Crippen LogP contribution in [-0.4, -0.2) is 68.6 Å². The van der Waals surface area contributed by atoms with Crippen molar-refractivity contribution >= 4 is 58.5 Å². The molecule has 1 aliphatic carbocycles. The quantitative estimate of drug-likeness (QED) is 0.163. The number of aliphatic hydroxyl groups is 1. The Labute approximate surface area is 281 Å². The molecule has 5 rings (SSSR count). The Kier molecular flexibility index (Phi) is 13.6. The van der Waals surface area contributed by atoms with Gasteiger partial charge in [-0.3, -0.25) is 14.2 Å². The Morgan fingerprint density at radius 1 is 1.22 bits per heavy atom. The first-order valence-corrected chi connectivity index (χ1v) is 18.2. The lowest BCUT2D eigenvalue weighted by molar-refractivity contribution is -0.130. The van der Waals surface area contributed by atoms with Gasteiger partial charge in [0.1, 0.15) is 26.9 Å². The summed E-state index contributed by atoms with van der Waals surface area (Å²) < 4.78 is 26.4. The van der Waals surface area contributed by atoms with E-state index in [1.165, 1.54) is 58.4 Å². The molecule has 0 radical (unpaired) electrons. The minimum absolute atomic E-state index is 0.0456. The summed E-state index contributed by atoms with van der Waals surface area (Å²) in [5.41, 5.74) is -1.44. The zero-order valence-corrected chi connectivity index (χ0v) is 29.6. The molecule has 0 bridgehead atoms. The van der Waals surface area contributed by atoms with Crippen molar-refractivity contribution in [2.75, 3.05) is 27.4 Å². The molecule has 0 unspecified atom stereocenters. The average Bonchev–Trinajstić information content (AvgIpc) is 3.65. The molecular formula is C29H38FIN6O6S2. The molecule has 1 amide bonds. The molecule has 3 aromatic heterocycles. The Morgan fingerprint density at radius 3 is 2.42 bits per heavy atom. The molecule has 0 saturated heterocycles. The van der Waals surface area contributed by atoms with Crippen LogP contribution in [0.1, 0.15) is 44.2 Å². The summed E-state index contributed by atoms with van der Waals surface area (Å²) >= 11 is 3.06. The zero-order valence-electron chi connectivity index (χ0n) is 25.7. The molecule has 1 saturated carbocycles. The molecule has 0 aliphatic heterocycles. The van der Waals surface area contributed by atoms with E-state index < -0.39 is 22.6 Å². The van der Waals surface area contributed by atoms with Gasteiger partial charge in [0, 0.05) is 25.3 Å². The summed E-state index contributed by atoms with van der Waals surface area (Å²) in [6.07, 6.45) is 6.10. The summed E-state index contributed by atoms with van der Waals surface area (Å²) in [5.74, 6) is -0.315. The number of hydrogen-bond acceptors (Lipinski definition) is 10. The number of aliphatic hydroxyl groups excluding tert-OH is 1. The highest BCUT2D eigenvalue weighted by Crippen LogP contribution is 2.31. The SMILES string of the molecule is COCCO.COc1ccc(F)cc1CCn1c(=O)n(C(C)(C)C(=O)NC2CCC2)c(=O)c2c(C)c(-n3nccn3)sc21.SI. The molecule has 3 heterocycles. The number of ether oxygens (including phenoxy) is 2. The van der Waals surface area contributed by atoms with E-state index in [9.17, 15) is 18.8 Å². The van der Waals surface area contributed by atoms with Crippen molar-refractivity contribution in [1.29, 1.82) is 0 Å². The molecule has 1 aromatic carbocycles. The van der Waals surface area contributed by atoms with Gasteiger partial charge in [0.05, 0.1) is 38.1 Å². The fraction of sp³-hybridized carbons (Fsp3) is 0.483. The Hall–Kier alpha value is -2.80. The van der Waals surface area contributed by atoms with Crippen LogP contribution in [0, 0.1) is 12.7 Å². The lowest BCUT2D eigenvalue weighted by atomic mass is 9.91. The van der Waals surface area contributed by atoms with Crippen LogP contribution in [0.5, 0.6) is 5.75 Å². The van der Waals surface area contributed by atoms with Crippen molar-refractivity contribution in [1.82, 2.24) is 29.4 Å². The number of thiol groups is 1. The number of methoxy groups -OCH3 is 2. The lowest BCUT2D eigenvalue weighted by Crippen LogP contribution is -2.57. The summed E-state index contributed by atoms with van der Waals surface area (Å²) in [4.78, 5) is 43.0. The zero-order chi connectivity index (χ0) is 33.3. The molecule has 16 heteroatoms. The molecule has 0 atom stereocenters. The Bertz CT molecular complexity index is 1700. The first-order chi connectivity index (χ1) is 21.5. The maximum absolute atomic E-state index is 14.0. The van der Waals surface area contributed by atoms with Gasteiger partial charge in [-0.25, -0.2) is 13.8 Å². The van der Waals surface area contributed by atoms with Gasteiger partial charge >= 0.3 is 5.69 Å². The molecule has 4 aromatic rings. The van der Waals surface area contributed by atoms with Gasteiger partial charge in [0.25, 0.3) is 5.56 Å². The van der Waals surface area contributed by atoms with E-state index in [0.29, 0.717) is 38.7 Å². The molecule has 0 spiro atoms. The number of aromatic nitrogens is 5. The number of aryl methyl sites for hydroxylation is 3. The number of halogens is 2. The van der Waals surface area contributed by atoms with E-state index in [1.54, 1.807) is 27.9 Å². The topological polar surface area (TPSA) is 142 Å². The lowest BCUT2D eigenvalue weighted by Gasteiger charge is -2.32. The monoisotopic (exact) mass is 776 g/mol. The highest BCUT2D eigenvalue weighted by Gasteiger charge is 2.37. The molecule has 2 N–H and O–H groups in total. The highest BCUT2D eigenvalue weighted by molar-refractivity contribution is 14.2. The number of carbonyl (C=O) groups is 1. The van der Waals surface area contributed by atoms with Crippen LogP contribution in [0.2, 0.25) is 0 Å². The van der Waals surface area contributed by atoms with Gasteiger partial charge in [-0.05, 0) is 91.4 Å². The summed E-state index contributed by atoms with van der Waals surface area (Å²) in [7, 11) is 6.55. The maximum Gasteiger partial charge on any atom is 0.333 e. The first-order valence-electron chi connectivity index (χ1n) is 14.1. The highest BCUT2D eigenvalue weighted by atomic mass is 127. The van der Waals surface area contributed by atoms with Crippen molar-refractivity contribution in [3.8, 4) is 10.8 Å². The van der Waals surface area contributed by atoms with E-state index in [0.717, 1.165) is 23.8 Å². The van der Waals surface area contributed by atoms with Gasteiger partial charge < -0.3 is 19.9 Å². The minimum atomic E-state index is -1.45. The van der Waals surface area contributed by atoms with E-state index in [2.05, 4.69) is 30.1 Å². The van der Waals surface area contributed by atoms with Crippen molar-refractivity contribution in [3.05, 3.63) is 68.4 Å². The molecule has 1 aliphatic rings. The van der Waals surface area contributed by atoms with E-state index >= 15 is 0 Å². The number of fused-ring (bicyclic) bond motifs is 1. The van der Waals surface area contributed by atoms with Crippen molar-refractivity contribution in [2.45, 2.75) is 64.6 Å². The largest absolute Gasteiger partial charge is 0.496 e. The van der Waals surface area contributed by atoms with Crippen LogP contribution in [-0.2, 0) is 28.0 Å². The Morgan fingerprint density at radius 2 is 1.89 bits per heavy atom. The van der Waals surface area contributed by atoms with E-state index in [-0.39, 0.29) is 31.5 Å². The molecule has 1 fully saturated rings. The number of amides is 1. The average molecular weight is 777 g/mol. The third-order valence-corrected chi connectivity index (χ3v) is 8.77. The maximum atomic E-state index is 14.0. The number of benzene rings is 1. The Balaban J connectivity index is 0.000000719. The van der Waals surface area contributed by atoms with Gasteiger partial charge in [0.15, 0.2) is 0 Å². The van der Waals surface area contributed by atoms with Gasteiger partial charge in [-0.2, -0.15) is 10.2 Å². The van der Waals surface area contributed by atoms with Crippen molar-refractivity contribution in [2.24, 2.45) is 0 Å². The van der Waals surface area contributed by atoms with Gasteiger partial charge in [-0.1, -0.05) is 11.3 Å². The number of nitrogens with zero attached hydrogens (tertiary/aromatic N) is 5. The third-order valence-electron chi connectivity index (χ3n) is 7.49. The normalized spacial score (nSPS) is 12.9. The number of nitrogens with one attached hydrogen (secondary N) is 1. The molecule has 12 nitrogen and oxygen atoms in total. The fourth-order valence-electron chi connectivity index (χ4n) is 4.82. The summed E-state index contributed by atoms with van der Waals surface area (Å²) in [6, 6.07) is 4.26. The first kappa shape index (κ1) is 36.7. The summed E-state index contributed by atoms with van der Waals surface area (Å²) in [6.45, 7) is 5.62. The predicted molar refractivity (Wildman–Crippen MR) is 184 cm³/mol. The smallest absolute Gasteiger partial charge is 0.333 e. The van der Waals surface area contributed by atoms with Crippen LogP contribution < -0.4 is 21.3 Å². The van der Waals surface area contributed by atoms with Crippen molar-refractivity contribution < 1.29 is 23.8 Å². The standard InChI is InChI=1S/C26H29FN6O4S.C3H8O2.HIS/c1-15-20-21(34)32(26(2,3)24(35)30-18-6-5-7-18)25(36)31(23(20)38-22(15)33-28-11-12-29-33)13-10-16-14-17(27)8-9-19(16)37-4;1-5-3-2-4;1-2/h8-9,11-12,14,18H,5-7,10,13H2,1-4H3,(H,30,35);4H,2-3H2,1H3;2H. The van der Waals surface area contributed by atoms with Gasteiger partial charge in [-0.15, -0.1) is 14.6 Å². The number of carbonyl (C=O) groups excluding carboxylic acids is 1. The van der Waals surface area contributed by atoms with Crippen LogP contribution >= 0.6 is 42.3 Å². The predicted octanol–water partition coefficient (Wildman–Crippen LogP) is 3.80. The van der Waals surface area contributed by atoms with E-state index in [4.69, 9.17) is 9.84 Å².